The molecule has 2 N–H and O–H groups in total. The van der Waals surface area contributed by atoms with E-state index in [9.17, 15) is 18.4 Å². The van der Waals surface area contributed by atoms with Gasteiger partial charge in [0.15, 0.2) is 0 Å². The summed E-state index contributed by atoms with van der Waals surface area (Å²) in [6.07, 6.45) is 1.43. The summed E-state index contributed by atoms with van der Waals surface area (Å²) in [6.45, 7) is 2.88. The fraction of sp³-hybridized carbons (Fsp3) is 0.250. The van der Waals surface area contributed by atoms with E-state index in [2.05, 4.69) is 9.97 Å². The topological polar surface area (TPSA) is 83.0 Å². The molecule has 5 nitrogen and oxygen atoms in total. The van der Waals surface area contributed by atoms with Crippen LogP contribution in [-0.4, -0.2) is 21.0 Å². The van der Waals surface area contributed by atoms with Crippen LogP contribution in [0.5, 0.6) is 0 Å². The molecule has 2 aromatic rings. The number of pyridine rings is 2. The first kappa shape index (κ1) is 13.1. The molecule has 0 aliphatic carbocycles. The van der Waals surface area contributed by atoms with Crippen molar-refractivity contribution in [3.8, 4) is 0 Å². The predicted octanol–water partition coefficient (Wildman–Crippen LogP) is 1.72. The number of rotatable bonds is 2. The quantitative estimate of drug-likeness (QED) is 0.868. The lowest BCUT2D eigenvalue weighted by Gasteiger charge is -2.15. The second kappa shape index (κ2) is 4.11. The summed E-state index contributed by atoms with van der Waals surface area (Å²) in [5, 5.41) is 8.90. The summed E-state index contributed by atoms with van der Waals surface area (Å²) in [5.74, 6) is -6.60. The van der Waals surface area contributed by atoms with Crippen molar-refractivity contribution >= 4 is 16.9 Å². The largest absolute Gasteiger partial charge is 0.477 e. The van der Waals surface area contributed by atoms with Crippen LogP contribution in [-0.2, 0) is 10.7 Å². The molecule has 100 valence electrons. The van der Waals surface area contributed by atoms with E-state index < -0.39 is 23.0 Å². The van der Waals surface area contributed by atoms with Gasteiger partial charge in [0.05, 0.1) is 5.52 Å². The number of hydrogen-bond acceptors (Lipinski definition) is 3. The third-order valence-corrected chi connectivity index (χ3v) is 2.95. The monoisotopic (exact) mass is 268 g/mol. The fourth-order valence-corrected chi connectivity index (χ4v) is 2.11. The Morgan fingerprint density at radius 2 is 2.05 bits per heavy atom. The van der Waals surface area contributed by atoms with Gasteiger partial charge in [-0.2, -0.15) is 8.78 Å². The normalized spacial score (nSPS) is 11.8. The number of carbonyl (C=O) groups is 1. The first-order chi connectivity index (χ1) is 8.76. The van der Waals surface area contributed by atoms with Crippen LogP contribution in [0.25, 0.3) is 10.9 Å². The second-order valence-electron chi connectivity index (χ2n) is 4.15. The molecular formula is C12H10F2N2O3. The van der Waals surface area contributed by atoms with Crippen LogP contribution in [0.15, 0.2) is 17.1 Å². The zero-order chi connectivity index (χ0) is 14.4. The molecule has 0 aliphatic heterocycles. The molecule has 19 heavy (non-hydrogen) atoms. The second-order valence-corrected chi connectivity index (χ2v) is 4.15. The van der Waals surface area contributed by atoms with Crippen molar-refractivity contribution < 1.29 is 18.7 Å². The number of halogens is 2. The number of nitrogens with one attached hydrogen (secondary N) is 1. The lowest BCUT2D eigenvalue weighted by molar-refractivity contribution is -0.166. The highest BCUT2D eigenvalue weighted by molar-refractivity contribution is 5.87. The van der Waals surface area contributed by atoms with Crippen molar-refractivity contribution in [3.63, 3.8) is 0 Å². The lowest BCUT2D eigenvalue weighted by Crippen LogP contribution is -2.33. The van der Waals surface area contributed by atoms with E-state index in [1.165, 1.54) is 19.2 Å². The summed E-state index contributed by atoms with van der Waals surface area (Å²) in [7, 11) is 0. The van der Waals surface area contributed by atoms with E-state index >= 15 is 0 Å². The molecule has 0 radical (unpaired) electrons. The lowest BCUT2D eigenvalue weighted by atomic mass is 9.99. The highest BCUT2D eigenvalue weighted by Crippen LogP contribution is 2.31. The van der Waals surface area contributed by atoms with Crippen LogP contribution in [0, 0.1) is 13.8 Å². The van der Waals surface area contributed by atoms with Gasteiger partial charge in [0.25, 0.3) is 5.56 Å². The molecule has 2 heterocycles. The minimum atomic E-state index is -4.24. The molecule has 0 atom stereocenters. The van der Waals surface area contributed by atoms with Gasteiger partial charge in [-0.1, -0.05) is 0 Å². The Balaban J connectivity index is 2.95. The summed E-state index contributed by atoms with van der Waals surface area (Å²) in [5.41, 5.74) is -1.45. The third-order valence-electron chi connectivity index (χ3n) is 2.95. The van der Waals surface area contributed by atoms with E-state index in [1.54, 1.807) is 6.92 Å². The average molecular weight is 268 g/mol. The minimum Gasteiger partial charge on any atom is -0.477 e. The highest BCUT2D eigenvalue weighted by atomic mass is 19.3. The van der Waals surface area contributed by atoms with Crippen LogP contribution in [0.1, 0.15) is 16.8 Å². The number of carboxylic acids is 1. The van der Waals surface area contributed by atoms with Gasteiger partial charge in [0, 0.05) is 17.3 Å². The van der Waals surface area contributed by atoms with Gasteiger partial charge in [-0.25, -0.2) is 4.79 Å². The summed E-state index contributed by atoms with van der Waals surface area (Å²) >= 11 is 0. The van der Waals surface area contributed by atoms with Gasteiger partial charge < -0.3 is 10.1 Å². The molecule has 0 amide bonds. The van der Waals surface area contributed by atoms with Crippen molar-refractivity contribution in [2.24, 2.45) is 0 Å². The van der Waals surface area contributed by atoms with E-state index in [4.69, 9.17) is 5.11 Å². The van der Waals surface area contributed by atoms with E-state index in [1.807, 2.05) is 0 Å². The van der Waals surface area contributed by atoms with Gasteiger partial charge in [0.2, 0.25) is 0 Å². The smallest absolute Gasteiger partial charge is 0.379 e. The van der Waals surface area contributed by atoms with E-state index in [0.717, 1.165) is 0 Å². The van der Waals surface area contributed by atoms with Gasteiger partial charge in [-0.15, -0.1) is 0 Å². The van der Waals surface area contributed by atoms with Gasteiger partial charge >= 0.3 is 11.9 Å². The molecule has 2 aromatic heterocycles. The number of nitrogens with zero attached hydrogens (tertiary/aromatic N) is 1. The maximum atomic E-state index is 13.6. The Morgan fingerprint density at radius 1 is 1.42 bits per heavy atom. The van der Waals surface area contributed by atoms with Crippen LogP contribution < -0.4 is 5.56 Å². The number of alkyl halides is 2. The number of aromatic nitrogens is 2. The summed E-state index contributed by atoms with van der Waals surface area (Å²) in [4.78, 5) is 28.5. The fourth-order valence-electron chi connectivity index (χ4n) is 2.11. The molecule has 7 heteroatoms. The van der Waals surface area contributed by atoms with Gasteiger partial charge in [-0.05, 0) is 25.5 Å². The standard InChI is InChI=1S/C12H10F2N2O3/c1-5-8-6(2)15-4-3-7(8)16-10(17)9(5)12(13,14)11(18)19/h3-4H,1-2H3,(H,16,17)(H,18,19). The Morgan fingerprint density at radius 3 is 2.63 bits per heavy atom. The Labute approximate surface area is 105 Å². The van der Waals surface area contributed by atoms with Gasteiger partial charge in [-0.3, -0.25) is 9.78 Å². The van der Waals surface area contributed by atoms with Crippen molar-refractivity contribution in [1.29, 1.82) is 0 Å². The van der Waals surface area contributed by atoms with Crippen molar-refractivity contribution in [2.75, 3.05) is 0 Å². The van der Waals surface area contributed by atoms with Crippen LogP contribution >= 0.6 is 0 Å². The van der Waals surface area contributed by atoms with Crippen molar-refractivity contribution in [2.45, 2.75) is 19.8 Å². The zero-order valence-corrected chi connectivity index (χ0v) is 10.1. The number of aliphatic carboxylic acids is 1. The molecule has 0 saturated heterocycles. The average Bonchev–Trinajstić information content (AvgIpc) is 2.27. The number of carboxylic acid groups (broad SMARTS) is 1. The van der Waals surface area contributed by atoms with E-state index in [0.29, 0.717) is 16.6 Å². The molecule has 0 unspecified atom stereocenters. The minimum absolute atomic E-state index is 0.0725. The van der Waals surface area contributed by atoms with Crippen molar-refractivity contribution in [1.82, 2.24) is 9.97 Å². The zero-order valence-electron chi connectivity index (χ0n) is 10.1. The number of aryl methyl sites for hydroxylation is 2. The third kappa shape index (κ3) is 1.87. The first-order valence-corrected chi connectivity index (χ1v) is 5.36. The summed E-state index contributed by atoms with van der Waals surface area (Å²) in [6, 6.07) is 1.47. The number of H-pyrrole nitrogens is 1. The van der Waals surface area contributed by atoms with Crippen LogP contribution in [0.2, 0.25) is 0 Å². The number of aromatic amines is 1. The molecular weight excluding hydrogens is 258 g/mol. The van der Waals surface area contributed by atoms with Crippen LogP contribution in [0.4, 0.5) is 8.78 Å². The van der Waals surface area contributed by atoms with Crippen molar-refractivity contribution in [3.05, 3.63) is 39.4 Å². The molecule has 0 spiro atoms. The first-order valence-electron chi connectivity index (χ1n) is 5.36. The molecule has 0 fully saturated rings. The predicted molar refractivity (Wildman–Crippen MR) is 63.4 cm³/mol. The Hall–Kier alpha value is -2.31. The maximum absolute atomic E-state index is 13.6. The SMILES string of the molecule is Cc1nccc2[nH]c(=O)c(C(F)(F)C(=O)O)c(C)c12. The highest BCUT2D eigenvalue weighted by Gasteiger charge is 2.45. The van der Waals surface area contributed by atoms with Crippen LogP contribution in [0.3, 0.4) is 0 Å². The maximum Gasteiger partial charge on any atom is 0.379 e. The number of hydrogen-bond donors (Lipinski definition) is 2. The van der Waals surface area contributed by atoms with E-state index in [-0.39, 0.29) is 5.56 Å². The molecule has 2 rings (SSSR count). The Kier molecular flexibility index (Phi) is 2.84. The molecule has 0 aromatic carbocycles. The molecule has 0 saturated carbocycles. The summed E-state index contributed by atoms with van der Waals surface area (Å²) < 4.78 is 27.2. The number of fused-ring (bicyclic) bond motifs is 1. The van der Waals surface area contributed by atoms with Gasteiger partial charge in [0.1, 0.15) is 5.56 Å². The molecule has 0 aliphatic rings. The Bertz CT molecular complexity index is 738. The molecule has 0 bridgehead atoms.